The van der Waals surface area contributed by atoms with Crippen molar-refractivity contribution in [2.24, 2.45) is 0 Å². The maximum absolute atomic E-state index is 12.4. The molecule has 0 aliphatic rings. The third-order valence-corrected chi connectivity index (χ3v) is 3.96. The number of benzene rings is 2. The van der Waals surface area contributed by atoms with Crippen LogP contribution in [-0.2, 0) is 4.79 Å². The van der Waals surface area contributed by atoms with E-state index in [2.05, 4.69) is 16.0 Å². The van der Waals surface area contributed by atoms with Gasteiger partial charge in [0.05, 0.1) is 0 Å². The van der Waals surface area contributed by atoms with Gasteiger partial charge in [0.2, 0.25) is 5.91 Å². The minimum Gasteiger partial charge on any atom is -0.451 e. The number of para-hydroxylation sites is 1. The lowest BCUT2D eigenvalue weighted by molar-refractivity contribution is -0.119. The number of thiocarbonyl (C=S) groups is 1. The van der Waals surface area contributed by atoms with Crippen LogP contribution < -0.4 is 16.0 Å². The number of carbonyl (C=O) groups is 2. The zero-order valence-corrected chi connectivity index (χ0v) is 15.6. The van der Waals surface area contributed by atoms with Crippen molar-refractivity contribution >= 4 is 51.5 Å². The van der Waals surface area contributed by atoms with Crippen LogP contribution in [0.3, 0.4) is 0 Å². The van der Waals surface area contributed by atoms with Crippen LogP contribution in [0, 0.1) is 0 Å². The first-order valence-electron chi connectivity index (χ1n) is 8.56. The van der Waals surface area contributed by atoms with Crippen LogP contribution in [0.25, 0.3) is 11.0 Å². The number of furan rings is 1. The van der Waals surface area contributed by atoms with E-state index in [4.69, 9.17) is 16.6 Å². The fraction of sp³-hybridized carbons (Fsp3) is 0.150. The van der Waals surface area contributed by atoms with E-state index in [-0.39, 0.29) is 22.7 Å². The quantitative estimate of drug-likeness (QED) is 0.574. The summed E-state index contributed by atoms with van der Waals surface area (Å²) in [7, 11) is 0. The lowest BCUT2D eigenvalue weighted by atomic mass is 10.2. The molecule has 0 fully saturated rings. The van der Waals surface area contributed by atoms with Crippen molar-refractivity contribution in [1.82, 2.24) is 5.32 Å². The van der Waals surface area contributed by atoms with E-state index in [9.17, 15) is 9.59 Å². The number of fused-ring (bicyclic) bond motifs is 1. The first-order valence-corrected chi connectivity index (χ1v) is 8.97. The largest absolute Gasteiger partial charge is 0.451 e. The van der Waals surface area contributed by atoms with E-state index in [1.54, 1.807) is 30.3 Å². The van der Waals surface area contributed by atoms with Gasteiger partial charge in [0.15, 0.2) is 10.9 Å². The topological polar surface area (TPSA) is 83.4 Å². The monoisotopic (exact) mass is 381 g/mol. The Labute approximate surface area is 161 Å². The second-order valence-electron chi connectivity index (χ2n) is 5.94. The molecule has 27 heavy (non-hydrogen) atoms. The first-order chi connectivity index (χ1) is 13.0. The standard InChI is InChI=1S/C20H19N3O3S/c1-2-6-18(24)23-20(27)22-15-9-5-8-14(12-15)21-19(25)17-11-13-7-3-4-10-16(13)26-17/h3-5,7-12H,2,6H2,1H3,(H,21,25)(H2,22,23,24,27). The Morgan fingerprint density at radius 3 is 2.48 bits per heavy atom. The molecule has 0 radical (unpaired) electrons. The number of amides is 2. The molecule has 3 aromatic rings. The van der Waals surface area contributed by atoms with Crippen LogP contribution in [0.2, 0.25) is 0 Å². The minimum absolute atomic E-state index is 0.135. The van der Waals surface area contributed by atoms with Gasteiger partial charge in [-0.3, -0.25) is 9.59 Å². The zero-order valence-electron chi connectivity index (χ0n) is 14.7. The Morgan fingerprint density at radius 1 is 1.00 bits per heavy atom. The second kappa shape index (κ2) is 8.46. The van der Waals surface area contributed by atoms with Crippen molar-refractivity contribution < 1.29 is 14.0 Å². The summed E-state index contributed by atoms with van der Waals surface area (Å²) in [6.45, 7) is 1.92. The number of hydrogen-bond acceptors (Lipinski definition) is 4. The number of anilines is 2. The molecule has 1 aromatic heterocycles. The molecule has 0 bridgehead atoms. The minimum atomic E-state index is -0.345. The van der Waals surface area contributed by atoms with Crippen molar-refractivity contribution in [2.75, 3.05) is 10.6 Å². The van der Waals surface area contributed by atoms with Crippen LogP contribution >= 0.6 is 12.2 Å². The van der Waals surface area contributed by atoms with E-state index in [0.717, 1.165) is 11.8 Å². The third-order valence-electron chi connectivity index (χ3n) is 3.76. The third kappa shape index (κ3) is 4.92. The molecule has 0 aliphatic carbocycles. The Hall–Kier alpha value is -3.19. The highest BCUT2D eigenvalue weighted by atomic mass is 32.1. The van der Waals surface area contributed by atoms with Gasteiger partial charge in [-0.1, -0.05) is 31.2 Å². The maximum Gasteiger partial charge on any atom is 0.291 e. The molecule has 0 saturated carbocycles. The summed E-state index contributed by atoms with van der Waals surface area (Å²) >= 11 is 5.13. The molecular formula is C20H19N3O3S. The van der Waals surface area contributed by atoms with Gasteiger partial charge in [0, 0.05) is 23.2 Å². The van der Waals surface area contributed by atoms with Crippen molar-refractivity contribution in [3.63, 3.8) is 0 Å². The Kier molecular flexibility index (Phi) is 5.83. The molecule has 7 heteroatoms. The van der Waals surface area contributed by atoms with E-state index in [1.165, 1.54) is 0 Å². The molecule has 0 saturated heterocycles. The molecule has 2 aromatic carbocycles. The summed E-state index contributed by atoms with van der Waals surface area (Å²) in [5.74, 6) is -0.247. The predicted octanol–water partition coefficient (Wildman–Crippen LogP) is 4.30. The van der Waals surface area contributed by atoms with Gasteiger partial charge >= 0.3 is 0 Å². The zero-order chi connectivity index (χ0) is 19.2. The van der Waals surface area contributed by atoms with Gasteiger partial charge in [-0.15, -0.1) is 0 Å². The summed E-state index contributed by atoms with van der Waals surface area (Å²) in [6, 6.07) is 16.2. The molecule has 0 aliphatic heterocycles. The normalized spacial score (nSPS) is 10.4. The van der Waals surface area contributed by atoms with Crippen molar-refractivity contribution in [3.8, 4) is 0 Å². The molecule has 0 spiro atoms. The van der Waals surface area contributed by atoms with Crippen molar-refractivity contribution in [2.45, 2.75) is 19.8 Å². The van der Waals surface area contributed by atoms with Gasteiger partial charge < -0.3 is 20.4 Å². The van der Waals surface area contributed by atoms with Crippen molar-refractivity contribution in [3.05, 3.63) is 60.4 Å². The summed E-state index contributed by atoms with van der Waals surface area (Å²) in [5, 5.41) is 9.41. The molecule has 3 N–H and O–H groups in total. The summed E-state index contributed by atoms with van der Waals surface area (Å²) in [4.78, 5) is 24.0. The average molecular weight is 381 g/mol. The van der Waals surface area contributed by atoms with Crippen LogP contribution in [0.4, 0.5) is 11.4 Å². The molecule has 0 atom stereocenters. The summed E-state index contributed by atoms with van der Waals surface area (Å²) < 4.78 is 5.57. The van der Waals surface area contributed by atoms with E-state index >= 15 is 0 Å². The summed E-state index contributed by atoms with van der Waals surface area (Å²) in [5.41, 5.74) is 1.89. The average Bonchev–Trinajstić information content (AvgIpc) is 3.06. The molecule has 2 amide bonds. The lowest BCUT2D eigenvalue weighted by Crippen LogP contribution is -2.33. The maximum atomic E-state index is 12.4. The molecule has 3 rings (SSSR count). The van der Waals surface area contributed by atoms with Gasteiger partial charge in [-0.2, -0.15) is 0 Å². The molecule has 6 nitrogen and oxygen atoms in total. The van der Waals surface area contributed by atoms with E-state index in [0.29, 0.717) is 23.4 Å². The van der Waals surface area contributed by atoms with E-state index in [1.807, 2.05) is 31.2 Å². The van der Waals surface area contributed by atoms with E-state index < -0.39 is 0 Å². The summed E-state index contributed by atoms with van der Waals surface area (Å²) in [6.07, 6.45) is 1.16. The van der Waals surface area contributed by atoms with Gasteiger partial charge in [-0.25, -0.2) is 0 Å². The molecule has 138 valence electrons. The van der Waals surface area contributed by atoms with Crippen LogP contribution in [-0.4, -0.2) is 16.9 Å². The molecule has 1 heterocycles. The van der Waals surface area contributed by atoms with Crippen molar-refractivity contribution in [1.29, 1.82) is 0 Å². The number of rotatable bonds is 5. The number of nitrogens with one attached hydrogen (secondary N) is 3. The van der Waals surface area contributed by atoms with Crippen LogP contribution in [0.5, 0.6) is 0 Å². The van der Waals surface area contributed by atoms with Crippen LogP contribution in [0.1, 0.15) is 30.3 Å². The molecular weight excluding hydrogens is 362 g/mol. The fourth-order valence-corrected chi connectivity index (χ4v) is 2.77. The second-order valence-corrected chi connectivity index (χ2v) is 6.34. The fourth-order valence-electron chi connectivity index (χ4n) is 2.54. The highest BCUT2D eigenvalue weighted by Crippen LogP contribution is 2.21. The lowest BCUT2D eigenvalue weighted by Gasteiger charge is -2.10. The SMILES string of the molecule is CCCC(=O)NC(=S)Nc1cccc(NC(=O)c2cc3ccccc3o2)c1. The Morgan fingerprint density at radius 2 is 1.74 bits per heavy atom. The first kappa shape index (κ1) is 18.6. The highest BCUT2D eigenvalue weighted by Gasteiger charge is 2.12. The Bertz CT molecular complexity index is 964. The smallest absolute Gasteiger partial charge is 0.291 e. The van der Waals surface area contributed by atoms with Gasteiger partial charge in [-0.05, 0) is 49.0 Å². The predicted molar refractivity (Wildman–Crippen MR) is 110 cm³/mol. The van der Waals surface area contributed by atoms with Crippen LogP contribution in [0.15, 0.2) is 59.0 Å². The van der Waals surface area contributed by atoms with Gasteiger partial charge in [0.25, 0.3) is 5.91 Å². The number of carbonyl (C=O) groups excluding carboxylic acids is 2. The van der Waals surface area contributed by atoms with Gasteiger partial charge in [0.1, 0.15) is 5.58 Å². The Balaban J connectivity index is 1.65. The molecule has 0 unspecified atom stereocenters. The highest BCUT2D eigenvalue weighted by molar-refractivity contribution is 7.80. The number of hydrogen-bond donors (Lipinski definition) is 3.